The van der Waals surface area contributed by atoms with Crippen molar-refractivity contribution in [2.75, 3.05) is 6.54 Å². The Kier molecular flexibility index (Phi) is 6.34. The fourth-order valence-corrected chi connectivity index (χ4v) is 3.37. The van der Waals surface area contributed by atoms with Gasteiger partial charge in [0.15, 0.2) is 4.99 Å². The summed E-state index contributed by atoms with van der Waals surface area (Å²) < 4.78 is 10.5. The number of carbonyl (C=O) groups excluding carboxylic acids is 1. The fourth-order valence-electron chi connectivity index (χ4n) is 2.15. The molecule has 2 atom stereocenters. The lowest BCUT2D eigenvalue weighted by Gasteiger charge is -2.31. The van der Waals surface area contributed by atoms with E-state index in [9.17, 15) is 4.79 Å². The van der Waals surface area contributed by atoms with E-state index in [1.807, 2.05) is 26.8 Å². The monoisotopic (exact) mass is 377 g/mol. The molecule has 1 amide bonds. The number of hydrogen-bond donors (Lipinski definition) is 3. The summed E-state index contributed by atoms with van der Waals surface area (Å²) in [5.41, 5.74) is 6.28. The molecule has 2 rings (SSSR count). The molecule has 1 aromatic heterocycles. The second kappa shape index (κ2) is 8.29. The standard InChI is InChI=1S/C17H23N5O3S/c1-16(2,3)24-15(23)20-8-6-14(13-5-9-22-25-13)26-17(19)7-4-12(10-18)11-21-17/h4-5,7,9,11,14,21H,6,8,19H2,1-3H3,(H,20,23)/t14-,17?/m1/s1. The van der Waals surface area contributed by atoms with Gasteiger partial charge in [-0.25, -0.2) is 4.79 Å². The first-order valence-corrected chi connectivity index (χ1v) is 9.00. The molecule has 2 heterocycles. The molecular weight excluding hydrogens is 354 g/mol. The van der Waals surface area contributed by atoms with Crippen molar-refractivity contribution in [2.45, 2.75) is 43.0 Å². The number of allylic oxidation sites excluding steroid dienone is 2. The van der Waals surface area contributed by atoms with Gasteiger partial charge in [0.2, 0.25) is 0 Å². The summed E-state index contributed by atoms with van der Waals surface area (Å²) in [4.78, 5) is 10.9. The summed E-state index contributed by atoms with van der Waals surface area (Å²) in [5, 5.41) is 18.2. The Hall–Kier alpha value is -2.44. The van der Waals surface area contributed by atoms with Crippen LogP contribution in [0.2, 0.25) is 0 Å². The Morgan fingerprint density at radius 2 is 2.38 bits per heavy atom. The number of amides is 1. The third-order valence-electron chi connectivity index (χ3n) is 3.28. The van der Waals surface area contributed by atoms with Gasteiger partial charge in [-0.2, -0.15) is 5.26 Å². The summed E-state index contributed by atoms with van der Waals surface area (Å²) in [6.07, 6.45) is 6.61. The maximum atomic E-state index is 11.8. The summed E-state index contributed by atoms with van der Waals surface area (Å²) in [6, 6.07) is 3.81. The highest BCUT2D eigenvalue weighted by molar-refractivity contribution is 8.00. The number of ether oxygens (including phenoxy) is 1. The van der Waals surface area contributed by atoms with Crippen molar-refractivity contribution in [1.82, 2.24) is 15.8 Å². The normalized spacial score (nSPS) is 20.5. The van der Waals surface area contributed by atoms with Gasteiger partial charge in [-0.3, -0.25) is 5.73 Å². The number of carbonyl (C=O) groups is 1. The topological polar surface area (TPSA) is 126 Å². The zero-order chi connectivity index (χ0) is 19.2. The van der Waals surface area contributed by atoms with E-state index in [1.54, 1.807) is 30.6 Å². The molecule has 1 aromatic rings. The highest BCUT2D eigenvalue weighted by Gasteiger charge is 2.30. The van der Waals surface area contributed by atoms with Crippen LogP contribution in [0.1, 0.15) is 38.2 Å². The van der Waals surface area contributed by atoms with E-state index in [4.69, 9.17) is 20.3 Å². The number of nitrogens with zero attached hydrogens (tertiary/aromatic N) is 2. The number of nitrogens with one attached hydrogen (secondary N) is 2. The van der Waals surface area contributed by atoms with Crippen molar-refractivity contribution in [2.24, 2.45) is 5.73 Å². The first-order valence-electron chi connectivity index (χ1n) is 8.12. The highest BCUT2D eigenvalue weighted by atomic mass is 32.2. The molecule has 0 bridgehead atoms. The van der Waals surface area contributed by atoms with E-state index in [0.717, 1.165) is 0 Å². The molecule has 8 nitrogen and oxygen atoms in total. The number of dihydropyridines is 1. The Labute approximate surface area is 156 Å². The smallest absolute Gasteiger partial charge is 0.407 e. The quantitative estimate of drug-likeness (QED) is 0.646. The van der Waals surface area contributed by atoms with E-state index < -0.39 is 16.7 Å². The van der Waals surface area contributed by atoms with Crippen molar-refractivity contribution in [3.8, 4) is 6.07 Å². The van der Waals surface area contributed by atoms with Gasteiger partial charge < -0.3 is 19.9 Å². The molecule has 9 heteroatoms. The Morgan fingerprint density at radius 1 is 1.62 bits per heavy atom. The number of nitriles is 1. The highest BCUT2D eigenvalue weighted by Crippen LogP contribution is 2.39. The molecule has 0 saturated carbocycles. The molecule has 0 aromatic carbocycles. The van der Waals surface area contributed by atoms with Crippen LogP contribution in [0, 0.1) is 11.3 Å². The summed E-state index contributed by atoms with van der Waals surface area (Å²) in [6.45, 7) is 5.80. The number of alkyl carbamates (subject to hydrolysis) is 1. The van der Waals surface area contributed by atoms with Gasteiger partial charge in [0, 0.05) is 18.8 Å². The second-order valence-electron chi connectivity index (χ2n) is 6.72. The van der Waals surface area contributed by atoms with E-state index in [2.05, 4.69) is 15.8 Å². The van der Waals surface area contributed by atoms with Crippen LogP contribution in [0.15, 0.2) is 40.7 Å². The number of nitrogens with two attached hydrogens (primary N) is 1. The minimum absolute atomic E-state index is 0.161. The van der Waals surface area contributed by atoms with Gasteiger partial charge >= 0.3 is 6.09 Å². The summed E-state index contributed by atoms with van der Waals surface area (Å²) in [5.74, 6) is 0.649. The lowest BCUT2D eigenvalue weighted by molar-refractivity contribution is 0.0527. The minimum atomic E-state index is -0.899. The van der Waals surface area contributed by atoms with E-state index in [-0.39, 0.29) is 5.25 Å². The maximum Gasteiger partial charge on any atom is 0.407 e. The van der Waals surface area contributed by atoms with Crippen molar-refractivity contribution < 1.29 is 14.1 Å². The molecule has 4 N–H and O–H groups in total. The largest absolute Gasteiger partial charge is 0.444 e. The lowest BCUT2D eigenvalue weighted by Crippen LogP contribution is -2.48. The molecule has 1 aliphatic heterocycles. The van der Waals surface area contributed by atoms with Crippen LogP contribution in [0.3, 0.4) is 0 Å². The average Bonchev–Trinajstić information content (AvgIpc) is 3.07. The molecule has 0 fully saturated rings. The third kappa shape index (κ3) is 6.13. The van der Waals surface area contributed by atoms with Crippen LogP contribution in [0.5, 0.6) is 0 Å². The first kappa shape index (κ1) is 19.9. The van der Waals surface area contributed by atoms with Gasteiger partial charge in [0.1, 0.15) is 17.4 Å². The SMILES string of the molecule is CC(C)(C)OC(=O)NCC[C@@H](SC1(N)C=CC(C#N)=CN1)c1ccno1. The predicted molar refractivity (Wildman–Crippen MR) is 98.6 cm³/mol. The molecule has 1 aliphatic rings. The fraction of sp³-hybridized carbons (Fsp3) is 0.471. The zero-order valence-corrected chi connectivity index (χ0v) is 15.8. The molecule has 1 unspecified atom stereocenters. The summed E-state index contributed by atoms with van der Waals surface area (Å²) >= 11 is 1.40. The van der Waals surface area contributed by atoms with E-state index in [1.165, 1.54) is 11.8 Å². The van der Waals surface area contributed by atoms with Crippen LogP contribution in [0.4, 0.5) is 4.79 Å². The van der Waals surface area contributed by atoms with Gasteiger partial charge in [0.25, 0.3) is 0 Å². The van der Waals surface area contributed by atoms with Crippen molar-refractivity contribution in [3.63, 3.8) is 0 Å². The van der Waals surface area contributed by atoms with Crippen molar-refractivity contribution in [3.05, 3.63) is 41.9 Å². The minimum Gasteiger partial charge on any atom is -0.444 e. The van der Waals surface area contributed by atoms with Crippen LogP contribution in [0.25, 0.3) is 0 Å². The van der Waals surface area contributed by atoms with Crippen molar-refractivity contribution >= 4 is 17.9 Å². The van der Waals surface area contributed by atoms with Crippen LogP contribution < -0.4 is 16.4 Å². The van der Waals surface area contributed by atoms with Crippen LogP contribution in [-0.4, -0.2) is 28.4 Å². The molecular formula is C17H23N5O3S. The maximum absolute atomic E-state index is 11.8. The number of aromatic nitrogens is 1. The first-order chi connectivity index (χ1) is 12.2. The number of thioether (sulfide) groups is 1. The number of hydrogen-bond acceptors (Lipinski definition) is 8. The average molecular weight is 377 g/mol. The summed E-state index contributed by atoms with van der Waals surface area (Å²) in [7, 11) is 0. The Balaban J connectivity index is 1.96. The van der Waals surface area contributed by atoms with Crippen LogP contribution >= 0.6 is 11.8 Å². The molecule has 0 saturated heterocycles. The molecule has 0 radical (unpaired) electrons. The van der Waals surface area contributed by atoms with Crippen molar-refractivity contribution in [1.29, 1.82) is 5.26 Å². The van der Waals surface area contributed by atoms with Gasteiger partial charge in [0.05, 0.1) is 17.0 Å². The van der Waals surface area contributed by atoms with E-state index in [0.29, 0.717) is 24.3 Å². The van der Waals surface area contributed by atoms with Gasteiger partial charge in [-0.1, -0.05) is 5.16 Å². The molecule has 140 valence electrons. The van der Waals surface area contributed by atoms with E-state index >= 15 is 0 Å². The predicted octanol–water partition coefficient (Wildman–Crippen LogP) is 2.54. The van der Waals surface area contributed by atoms with Gasteiger partial charge in [-0.15, -0.1) is 11.8 Å². The van der Waals surface area contributed by atoms with Gasteiger partial charge in [-0.05, 0) is 39.3 Å². The third-order valence-corrected chi connectivity index (χ3v) is 4.68. The molecule has 26 heavy (non-hydrogen) atoms. The molecule has 0 aliphatic carbocycles. The second-order valence-corrected chi connectivity index (χ2v) is 8.20. The number of rotatable bonds is 6. The lowest BCUT2D eigenvalue weighted by atomic mass is 10.2. The van der Waals surface area contributed by atoms with Crippen LogP contribution in [-0.2, 0) is 4.74 Å². The molecule has 0 spiro atoms. The Morgan fingerprint density at radius 3 is 2.92 bits per heavy atom. The Bertz CT molecular complexity index is 718. The zero-order valence-electron chi connectivity index (χ0n) is 15.0.